The lowest BCUT2D eigenvalue weighted by Crippen LogP contribution is -2.46. The number of amides is 1. The smallest absolute Gasteiger partial charge is 0.293 e. The molecule has 59 heavy (non-hydrogen) atoms. The van der Waals surface area contributed by atoms with Crippen LogP contribution in [0.1, 0.15) is 22.3 Å². The van der Waals surface area contributed by atoms with Gasteiger partial charge in [0.25, 0.3) is 21.6 Å². The van der Waals surface area contributed by atoms with Crippen molar-refractivity contribution in [3.8, 4) is 11.1 Å². The highest BCUT2D eigenvalue weighted by Gasteiger charge is 2.26. The van der Waals surface area contributed by atoms with Crippen molar-refractivity contribution in [2.75, 3.05) is 73.3 Å². The lowest BCUT2D eigenvalue weighted by molar-refractivity contribution is -0.384. The van der Waals surface area contributed by atoms with Gasteiger partial charge in [-0.15, -0.1) is 11.8 Å². The molecule has 0 spiro atoms. The van der Waals surface area contributed by atoms with Crippen molar-refractivity contribution in [2.45, 2.75) is 28.8 Å². The number of carbonyl (C=O) groups is 1. The van der Waals surface area contributed by atoms with Gasteiger partial charge in [-0.1, -0.05) is 66.2 Å². The van der Waals surface area contributed by atoms with Crippen LogP contribution < -0.4 is 14.9 Å². The van der Waals surface area contributed by atoms with Crippen molar-refractivity contribution >= 4 is 68.1 Å². The lowest BCUT2D eigenvalue weighted by atomic mass is 9.99. The van der Waals surface area contributed by atoms with E-state index in [1.54, 1.807) is 23.9 Å². The Morgan fingerprint density at radius 3 is 2.24 bits per heavy atom. The van der Waals surface area contributed by atoms with Crippen LogP contribution in [-0.4, -0.2) is 98.2 Å². The van der Waals surface area contributed by atoms with Crippen LogP contribution in [0.15, 0.2) is 131 Å². The van der Waals surface area contributed by atoms with Gasteiger partial charge in [-0.3, -0.25) is 19.8 Å². The Kier molecular flexibility index (Phi) is 14.5. The highest BCUT2D eigenvalue weighted by molar-refractivity contribution is 7.99. The summed E-state index contributed by atoms with van der Waals surface area (Å²) >= 11 is 9.73. The molecular formula is C44H47ClN6O5S3. The first kappa shape index (κ1) is 42.6. The van der Waals surface area contributed by atoms with Crippen LogP contribution in [0.3, 0.4) is 0 Å². The summed E-state index contributed by atoms with van der Waals surface area (Å²) in [5, 5.41) is 16.4. The van der Waals surface area contributed by atoms with Gasteiger partial charge in [0.1, 0.15) is 5.69 Å². The molecule has 2 N–H and O–H groups in total. The van der Waals surface area contributed by atoms with Crippen molar-refractivity contribution in [1.29, 1.82) is 0 Å². The maximum absolute atomic E-state index is 13.4. The third-order valence-corrected chi connectivity index (χ3v) is 14.3. The molecule has 15 heteroatoms. The molecule has 2 fully saturated rings. The second-order valence-electron chi connectivity index (χ2n) is 14.6. The maximum atomic E-state index is 13.4. The SMILES string of the molecule is O=C(NS(=O)(=O)c1ccc(N[C@H](CCN2CCSCC2)CSc2ccccc2)c([N+](=O)[O-])c1)c1ccc(N2CCN(Cc3ccccc3-c3ccc(Cl)cc3)CC2)cc1. The van der Waals surface area contributed by atoms with Crippen LogP contribution in [-0.2, 0) is 16.6 Å². The fourth-order valence-electron chi connectivity index (χ4n) is 7.28. The number of carbonyl (C=O) groups excluding carboxylic acids is 1. The molecule has 5 aromatic rings. The van der Waals surface area contributed by atoms with Crippen LogP contribution in [0, 0.1) is 10.1 Å². The molecule has 2 heterocycles. The van der Waals surface area contributed by atoms with Gasteiger partial charge in [0, 0.05) is 103 Å². The molecule has 0 unspecified atom stereocenters. The summed E-state index contributed by atoms with van der Waals surface area (Å²) in [6, 6.07) is 36.7. The highest BCUT2D eigenvalue weighted by atomic mass is 35.5. The number of nitrogens with zero attached hydrogens (tertiary/aromatic N) is 4. The van der Waals surface area contributed by atoms with Crippen molar-refractivity contribution in [3.05, 3.63) is 148 Å². The average Bonchev–Trinajstić information content (AvgIpc) is 3.26. The predicted octanol–water partition coefficient (Wildman–Crippen LogP) is 8.37. The first-order valence-corrected chi connectivity index (χ1v) is 23.6. The molecule has 1 amide bonds. The van der Waals surface area contributed by atoms with E-state index >= 15 is 0 Å². The molecule has 2 aliphatic rings. The monoisotopic (exact) mass is 870 g/mol. The Morgan fingerprint density at radius 1 is 0.831 bits per heavy atom. The van der Waals surface area contributed by atoms with Crippen LogP contribution in [0.2, 0.25) is 5.02 Å². The van der Waals surface area contributed by atoms with Gasteiger partial charge >= 0.3 is 0 Å². The first-order valence-electron chi connectivity index (χ1n) is 19.6. The van der Waals surface area contributed by atoms with E-state index in [-0.39, 0.29) is 27.9 Å². The molecule has 7 rings (SSSR count). The van der Waals surface area contributed by atoms with Crippen LogP contribution in [0.4, 0.5) is 17.1 Å². The third kappa shape index (κ3) is 11.6. The van der Waals surface area contributed by atoms with E-state index in [0.29, 0.717) is 10.8 Å². The maximum Gasteiger partial charge on any atom is 0.293 e. The summed E-state index contributed by atoms with van der Waals surface area (Å²) in [5.41, 5.74) is 4.51. The summed E-state index contributed by atoms with van der Waals surface area (Å²) in [6.07, 6.45) is 0.758. The zero-order valence-electron chi connectivity index (χ0n) is 32.5. The number of sulfonamides is 1. The molecule has 0 aliphatic carbocycles. The zero-order chi connectivity index (χ0) is 41.2. The molecule has 5 aromatic carbocycles. The predicted molar refractivity (Wildman–Crippen MR) is 242 cm³/mol. The zero-order valence-corrected chi connectivity index (χ0v) is 35.7. The number of nitrogens with one attached hydrogen (secondary N) is 2. The Morgan fingerprint density at radius 2 is 1.53 bits per heavy atom. The third-order valence-electron chi connectivity index (χ3n) is 10.6. The van der Waals surface area contributed by atoms with Gasteiger partial charge in [-0.25, -0.2) is 13.1 Å². The minimum absolute atomic E-state index is 0.120. The number of hydrogen-bond acceptors (Lipinski definition) is 11. The topological polar surface area (TPSA) is 128 Å². The van der Waals surface area contributed by atoms with Crippen molar-refractivity contribution in [3.63, 3.8) is 0 Å². The molecular weight excluding hydrogens is 824 g/mol. The number of piperazine rings is 1. The van der Waals surface area contributed by atoms with E-state index < -0.39 is 20.9 Å². The fourth-order valence-corrected chi connectivity index (χ4v) is 10.4. The Bertz CT molecular complexity index is 2310. The molecule has 308 valence electrons. The quantitative estimate of drug-likeness (QED) is 0.0564. The minimum atomic E-state index is -4.43. The summed E-state index contributed by atoms with van der Waals surface area (Å²) < 4.78 is 29.0. The second-order valence-corrected chi connectivity index (χ2v) is 19.0. The molecule has 1 atom stereocenters. The Balaban J connectivity index is 0.958. The average molecular weight is 872 g/mol. The molecule has 0 saturated carbocycles. The Hall–Kier alpha value is -4.57. The van der Waals surface area contributed by atoms with E-state index in [9.17, 15) is 23.3 Å². The van der Waals surface area contributed by atoms with Gasteiger partial charge in [0.2, 0.25) is 0 Å². The van der Waals surface area contributed by atoms with Gasteiger partial charge in [-0.2, -0.15) is 11.8 Å². The molecule has 2 aliphatic heterocycles. The summed E-state index contributed by atoms with van der Waals surface area (Å²) in [4.78, 5) is 32.8. The van der Waals surface area contributed by atoms with Crippen molar-refractivity contribution in [1.82, 2.24) is 14.5 Å². The molecule has 0 aromatic heterocycles. The number of hydrogen-bond donors (Lipinski definition) is 2. The number of rotatable bonds is 16. The second kappa shape index (κ2) is 20.1. The van der Waals surface area contributed by atoms with E-state index in [0.717, 1.165) is 92.5 Å². The molecule has 0 radical (unpaired) electrons. The molecule has 2 saturated heterocycles. The summed E-state index contributed by atoms with van der Waals surface area (Å²) in [7, 11) is -4.43. The van der Waals surface area contributed by atoms with Crippen LogP contribution in [0.25, 0.3) is 11.1 Å². The largest absolute Gasteiger partial charge is 0.376 e. The van der Waals surface area contributed by atoms with E-state index in [2.05, 4.69) is 42.9 Å². The number of nitro benzene ring substituents is 1. The summed E-state index contributed by atoms with van der Waals surface area (Å²) in [5.74, 6) is 2.01. The van der Waals surface area contributed by atoms with Gasteiger partial charge in [0.05, 0.1) is 9.82 Å². The summed E-state index contributed by atoms with van der Waals surface area (Å²) in [6.45, 7) is 6.95. The van der Waals surface area contributed by atoms with Gasteiger partial charge in [-0.05, 0) is 83.8 Å². The van der Waals surface area contributed by atoms with E-state index in [1.807, 2.05) is 84.6 Å². The minimum Gasteiger partial charge on any atom is -0.376 e. The van der Waals surface area contributed by atoms with Crippen LogP contribution >= 0.6 is 35.1 Å². The Labute approximate surface area is 359 Å². The van der Waals surface area contributed by atoms with Crippen LogP contribution in [0.5, 0.6) is 0 Å². The number of nitro groups is 1. The first-order chi connectivity index (χ1) is 28.6. The number of halogens is 1. The highest BCUT2D eigenvalue weighted by Crippen LogP contribution is 2.31. The number of anilines is 2. The number of benzene rings is 5. The normalized spacial score (nSPS) is 15.7. The van der Waals surface area contributed by atoms with Gasteiger partial charge < -0.3 is 15.1 Å². The number of thioether (sulfide) groups is 2. The van der Waals surface area contributed by atoms with E-state index in [1.165, 1.54) is 23.3 Å². The molecule has 0 bridgehead atoms. The lowest BCUT2D eigenvalue weighted by Gasteiger charge is -2.36. The fraction of sp³-hybridized carbons (Fsp3) is 0.295. The van der Waals surface area contributed by atoms with Crippen molar-refractivity contribution < 1.29 is 18.1 Å². The van der Waals surface area contributed by atoms with Crippen molar-refractivity contribution in [2.24, 2.45) is 0 Å². The molecule has 11 nitrogen and oxygen atoms in total. The standard InChI is InChI=1S/C44H47ClN6O5S3/c45-36-14-10-33(11-15-36)41-9-5-4-6-35(41)31-49-22-24-50(25-23-49)38-16-12-34(13-17-38)44(52)47-59(55,56)40-18-19-42(43(30-40)51(53)54)46-37(20-21-48-26-28-57-29-27-48)32-58-39-7-2-1-3-8-39/h1-19,30,37,46H,20-29,31-32H2,(H,47,52)/t37-/m1/s1. The van der Waals surface area contributed by atoms with Gasteiger partial charge in [0.15, 0.2) is 0 Å². The van der Waals surface area contributed by atoms with E-state index in [4.69, 9.17) is 11.6 Å².